The van der Waals surface area contributed by atoms with Gasteiger partial charge in [-0.25, -0.2) is 4.39 Å². The molecule has 0 spiro atoms. The largest absolute Gasteiger partial charge is 0.207 e. The van der Waals surface area contributed by atoms with Crippen LogP contribution in [-0.2, 0) is 0 Å². The molecule has 1 aromatic carbocycles. The summed E-state index contributed by atoms with van der Waals surface area (Å²) in [6.45, 7) is 6.36. The van der Waals surface area contributed by atoms with Gasteiger partial charge in [-0.1, -0.05) is 36.0 Å². The Balaban J connectivity index is 3.36. The molecule has 3 nitrogen and oxygen atoms in total. The zero-order chi connectivity index (χ0) is 10.8. The molecule has 0 aromatic heterocycles. The van der Waals surface area contributed by atoms with Crippen LogP contribution in [0.1, 0.15) is 0 Å². The summed E-state index contributed by atoms with van der Waals surface area (Å²) in [4.78, 5) is 2.70. The highest BCUT2D eigenvalue weighted by Gasteiger charge is 2.19. The fraction of sp³-hybridized carbons (Fsp3) is 0.333. The van der Waals surface area contributed by atoms with Crippen molar-refractivity contribution >= 4 is 18.9 Å². The topological polar surface area (TPSA) is 48.8 Å². The summed E-state index contributed by atoms with van der Waals surface area (Å²) >= 11 is 0. The maximum atomic E-state index is 12.9. The third-order valence-corrected chi connectivity index (χ3v) is 3.96. The van der Waals surface area contributed by atoms with E-state index in [1.165, 1.54) is 12.1 Å². The van der Waals surface area contributed by atoms with Gasteiger partial charge in [0.2, 0.25) is 0 Å². The summed E-state index contributed by atoms with van der Waals surface area (Å²) in [6, 6.07) is 4.41. The zero-order valence-corrected chi connectivity index (χ0v) is 9.45. The Morgan fingerprint density at radius 2 is 2.00 bits per heavy atom. The number of hydrogen-bond donors (Lipinski definition) is 0. The molecule has 0 aliphatic carbocycles. The van der Waals surface area contributed by atoms with Gasteiger partial charge in [-0.3, -0.25) is 0 Å². The molecular weight excluding hydrogens is 197 g/mol. The Bertz CT molecular complexity index is 392. The van der Waals surface area contributed by atoms with Gasteiger partial charge >= 0.3 is 0 Å². The van der Waals surface area contributed by atoms with Crippen LogP contribution in [0.2, 0.25) is 19.6 Å². The molecule has 0 amide bonds. The molecule has 0 unspecified atom stereocenters. The van der Waals surface area contributed by atoms with Crippen LogP contribution >= 0.6 is 0 Å². The average molecular weight is 209 g/mol. The maximum absolute atomic E-state index is 12.9. The van der Waals surface area contributed by atoms with Crippen LogP contribution in [0.15, 0.2) is 23.3 Å². The van der Waals surface area contributed by atoms with Crippen LogP contribution in [0.4, 0.5) is 10.1 Å². The van der Waals surface area contributed by atoms with E-state index in [0.29, 0.717) is 5.69 Å². The third kappa shape index (κ3) is 2.34. The van der Waals surface area contributed by atoms with Crippen LogP contribution in [0, 0.1) is 5.82 Å². The van der Waals surface area contributed by atoms with Gasteiger partial charge in [0, 0.05) is 10.6 Å². The van der Waals surface area contributed by atoms with Crippen molar-refractivity contribution in [1.82, 2.24) is 0 Å². The highest BCUT2D eigenvalue weighted by atomic mass is 28.3. The van der Waals surface area contributed by atoms with E-state index < -0.39 is 8.07 Å². The van der Waals surface area contributed by atoms with Crippen molar-refractivity contribution in [1.29, 1.82) is 0 Å². The maximum Gasteiger partial charge on any atom is 0.123 e. The van der Waals surface area contributed by atoms with E-state index in [2.05, 4.69) is 29.7 Å². The van der Waals surface area contributed by atoms with Crippen molar-refractivity contribution in [3.63, 3.8) is 0 Å². The SMILES string of the molecule is C[Si](C)(C)c1ccc(F)cc1N=[N+]=[N-]. The highest BCUT2D eigenvalue weighted by molar-refractivity contribution is 6.89. The lowest BCUT2D eigenvalue weighted by Crippen LogP contribution is -2.37. The predicted molar refractivity (Wildman–Crippen MR) is 58.2 cm³/mol. The molecule has 14 heavy (non-hydrogen) atoms. The Morgan fingerprint density at radius 3 is 2.50 bits per heavy atom. The first-order valence-corrected chi connectivity index (χ1v) is 7.80. The molecule has 0 aliphatic rings. The highest BCUT2D eigenvalue weighted by Crippen LogP contribution is 2.16. The van der Waals surface area contributed by atoms with Crippen molar-refractivity contribution in [3.8, 4) is 0 Å². The lowest BCUT2D eigenvalue weighted by Gasteiger charge is -2.18. The van der Waals surface area contributed by atoms with E-state index >= 15 is 0 Å². The second-order valence-electron chi connectivity index (χ2n) is 4.10. The number of azide groups is 1. The Morgan fingerprint density at radius 1 is 1.36 bits per heavy atom. The Labute approximate surface area is 83.2 Å². The summed E-state index contributed by atoms with van der Waals surface area (Å²) in [5, 5.41) is 4.49. The molecule has 1 aromatic rings. The molecule has 1 rings (SSSR count). The van der Waals surface area contributed by atoms with Gasteiger partial charge in [0.25, 0.3) is 0 Å². The number of nitrogens with zero attached hydrogens (tertiary/aromatic N) is 3. The van der Waals surface area contributed by atoms with Crippen LogP contribution in [0.5, 0.6) is 0 Å². The Hall–Kier alpha value is -1.32. The molecule has 0 saturated carbocycles. The van der Waals surface area contributed by atoms with E-state index in [1.54, 1.807) is 6.07 Å². The molecule has 0 radical (unpaired) electrons. The van der Waals surface area contributed by atoms with Gasteiger partial charge in [-0.2, -0.15) is 0 Å². The molecule has 0 fully saturated rings. The second kappa shape index (κ2) is 3.82. The summed E-state index contributed by atoms with van der Waals surface area (Å²) < 4.78 is 12.9. The van der Waals surface area contributed by atoms with Crippen molar-refractivity contribution in [2.24, 2.45) is 5.11 Å². The smallest absolute Gasteiger partial charge is 0.123 e. The van der Waals surface area contributed by atoms with Gasteiger partial charge in [0.1, 0.15) is 5.82 Å². The number of hydrogen-bond acceptors (Lipinski definition) is 1. The summed E-state index contributed by atoms with van der Waals surface area (Å²) in [7, 11) is -1.57. The summed E-state index contributed by atoms with van der Waals surface area (Å²) in [5.41, 5.74) is 8.77. The van der Waals surface area contributed by atoms with E-state index in [0.717, 1.165) is 5.19 Å². The van der Waals surface area contributed by atoms with Crippen molar-refractivity contribution in [2.75, 3.05) is 0 Å². The standard InChI is InChI=1S/C9H12FN3Si/c1-14(2,3)9-5-4-7(10)6-8(9)12-13-11/h4-6H,1-3H3. The molecule has 0 heterocycles. The van der Waals surface area contributed by atoms with Gasteiger partial charge < -0.3 is 0 Å². The number of benzene rings is 1. The minimum atomic E-state index is -1.57. The fourth-order valence-corrected chi connectivity index (χ4v) is 2.74. The molecule has 74 valence electrons. The van der Waals surface area contributed by atoms with Gasteiger partial charge in [0.15, 0.2) is 0 Å². The third-order valence-electron chi connectivity index (χ3n) is 1.92. The molecule has 0 saturated heterocycles. The minimum Gasteiger partial charge on any atom is -0.207 e. The minimum absolute atomic E-state index is 0.366. The van der Waals surface area contributed by atoms with E-state index in [1.807, 2.05) is 0 Å². The molecule has 5 heteroatoms. The number of rotatable bonds is 2. The molecule has 0 atom stereocenters. The van der Waals surface area contributed by atoms with Crippen molar-refractivity contribution < 1.29 is 4.39 Å². The first-order chi connectivity index (χ1) is 6.45. The quantitative estimate of drug-likeness (QED) is 0.310. The van der Waals surface area contributed by atoms with E-state index in [-0.39, 0.29) is 5.82 Å². The second-order valence-corrected chi connectivity index (χ2v) is 9.14. The van der Waals surface area contributed by atoms with E-state index in [9.17, 15) is 4.39 Å². The Kier molecular flexibility index (Phi) is 2.93. The predicted octanol–water partition coefficient (Wildman–Crippen LogP) is 3.31. The fourth-order valence-electron chi connectivity index (χ4n) is 1.27. The van der Waals surface area contributed by atoms with Crippen LogP contribution in [-0.4, -0.2) is 8.07 Å². The van der Waals surface area contributed by atoms with Gasteiger partial charge in [0.05, 0.1) is 8.07 Å². The molecule has 0 bridgehead atoms. The van der Waals surface area contributed by atoms with E-state index in [4.69, 9.17) is 5.53 Å². The molecule has 0 aliphatic heterocycles. The average Bonchev–Trinajstić information content (AvgIpc) is 2.02. The molecule has 0 N–H and O–H groups in total. The van der Waals surface area contributed by atoms with Crippen LogP contribution in [0.25, 0.3) is 10.4 Å². The lowest BCUT2D eigenvalue weighted by atomic mass is 10.3. The first kappa shape index (κ1) is 10.8. The molecular formula is C9H12FN3Si. The first-order valence-electron chi connectivity index (χ1n) is 4.30. The lowest BCUT2D eigenvalue weighted by molar-refractivity contribution is 0.628. The van der Waals surface area contributed by atoms with Gasteiger partial charge in [-0.15, -0.1) is 0 Å². The zero-order valence-electron chi connectivity index (χ0n) is 8.45. The summed E-state index contributed by atoms with van der Waals surface area (Å²) in [5.74, 6) is -0.366. The van der Waals surface area contributed by atoms with Crippen LogP contribution in [0.3, 0.4) is 0 Å². The number of halogens is 1. The van der Waals surface area contributed by atoms with Crippen molar-refractivity contribution in [2.45, 2.75) is 19.6 Å². The van der Waals surface area contributed by atoms with Crippen molar-refractivity contribution in [3.05, 3.63) is 34.5 Å². The monoisotopic (exact) mass is 209 g/mol. The summed E-state index contributed by atoms with van der Waals surface area (Å²) in [6.07, 6.45) is 0. The van der Waals surface area contributed by atoms with Gasteiger partial charge in [-0.05, 0) is 17.7 Å². The van der Waals surface area contributed by atoms with Crippen LogP contribution < -0.4 is 5.19 Å². The normalized spacial score (nSPS) is 10.9.